The highest BCUT2D eigenvalue weighted by Gasteiger charge is 2.20. The Morgan fingerprint density at radius 3 is 2.59 bits per heavy atom. The Kier molecular flexibility index (Phi) is 5.89. The zero-order chi connectivity index (χ0) is 23.7. The molecule has 1 saturated heterocycles. The third-order valence-corrected chi connectivity index (χ3v) is 5.89. The molecule has 34 heavy (non-hydrogen) atoms. The molecule has 1 fully saturated rings. The van der Waals surface area contributed by atoms with E-state index in [9.17, 15) is 9.18 Å². The van der Waals surface area contributed by atoms with Crippen LogP contribution in [0.15, 0.2) is 42.7 Å². The number of nitrogens with two attached hydrogens (primary N) is 1. The molecule has 4 heterocycles. The Labute approximate surface area is 195 Å². The largest absolute Gasteiger partial charge is 0.382 e. The first-order valence-electron chi connectivity index (χ1n) is 11.3. The maximum absolute atomic E-state index is 13.9. The van der Waals surface area contributed by atoms with Crippen LogP contribution in [-0.4, -0.2) is 61.5 Å². The van der Waals surface area contributed by atoms with Gasteiger partial charge in [0.25, 0.3) is 5.91 Å². The number of imidazole rings is 1. The Balaban J connectivity index is 1.53. The summed E-state index contributed by atoms with van der Waals surface area (Å²) in [5.74, 6) is 0.952. The van der Waals surface area contributed by atoms with Gasteiger partial charge in [-0.1, -0.05) is 19.1 Å². The number of anilines is 1. The van der Waals surface area contributed by atoms with Gasteiger partial charge in [0.2, 0.25) is 0 Å². The fraction of sp³-hybridized carbons (Fsp3) is 0.292. The van der Waals surface area contributed by atoms with Crippen molar-refractivity contribution in [1.82, 2.24) is 34.7 Å². The molecule has 9 nitrogen and oxygen atoms in total. The number of aromatic nitrogens is 5. The van der Waals surface area contributed by atoms with Crippen molar-refractivity contribution in [2.45, 2.75) is 19.9 Å². The van der Waals surface area contributed by atoms with Crippen LogP contribution < -0.4 is 11.1 Å². The van der Waals surface area contributed by atoms with Crippen LogP contribution in [0.5, 0.6) is 0 Å². The Bertz CT molecular complexity index is 1350. The number of aryl methyl sites for hydroxylation is 1. The molecule has 0 unspecified atom stereocenters. The predicted octanol–water partition coefficient (Wildman–Crippen LogP) is 2.27. The van der Waals surface area contributed by atoms with E-state index in [2.05, 4.69) is 25.3 Å². The van der Waals surface area contributed by atoms with Crippen molar-refractivity contribution in [2.24, 2.45) is 0 Å². The van der Waals surface area contributed by atoms with Crippen LogP contribution in [0.1, 0.15) is 28.7 Å². The van der Waals surface area contributed by atoms with E-state index in [0.717, 1.165) is 24.8 Å². The lowest BCUT2D eigenvalue weighted by Crippen LogP contribution is -2.46. The Morgan fingerprint density at radius 1 is 1.12 bits per heavy atom. The van der Waals surface area contributed by atoms with Gasteiger partial charge in [-0.3, -0.25) is 9.78 Å². The van der Waals surface area contributed by atoms with Crippen molar-refractivity contribution in [2.75, 3.05) is 31.9 Å². The molecule has 1 aliphatic rings. The molecule has 3 aromatic heterocycles. The zero-order valence-corrected chi connectivity index (χ0v) is 18.8. The lowest BCUT2D eigenvalue weighted by molar-refractivity contribution is 0.0736. The number of hydrogen-bond donors (Lipinski definition) is 2. The maximum atomic E-state index is 13.9. The number of piperazine rings is 1. The minimum absolute atomic E-state index is 0.0285. The standard InChI is InChI=1S/C24H25FN8O/c1-2-19-29-21(26)20-23(30-19)33(22(31-20)17-11-18(25)13-28-12-17)14-15-3-5-16(6-4-15)24(34)32-9-7-27-8-10-32/h3-6,11-13,27H,2,7-10,14H2,1H3,(H2,26,29,30). The Hall–Kier alpha value is -3.92. The van der Waals surface area contributed by atoms with Crippen LogP contribution in [0.3, 0.4) is 0 Å². The van der Waals surface area contributed by atoms with E-state index in [0.29, 0.717) is 60.0 Å². The van der Waals surface area contributed by atoms with Crippen molar-refractivity contribution < 1.29 is 9.18 Å². The fourth-order valence-corrected chi connectivity index (χ4v) is 4.12. The number of hydrogen-bond acceptors (Lipinski definition) is 7. The number of pyridine rings is 1. The van der Waals surface area contributed by atoms with E-state index < -0.39 is 5.82 Å². The van der Waals surface area contributed by atoms with Crippen molar-refractivity contribution in [3.05, 3.63) is 65.5 Å². The third-order valence-electron chi connectivity index (χ3n) is 5.89. The van der Waals surface area contributed by atoms with Gasteiger partial charge < -0.3 is 20.5 Å². The maximum Gasteiger partial charge on any atom is 0.253 e. The summed E-state index contributed by atoms with van der Waals surface area (Å²) in [6.45, 7) is 5.37. The smallest absolute Gasteiger partial charge is 0.253 e. The van der Waals surface area contributed by atoms with Crippen LogP contribution in [0.25, 0.3) is 22.6 Å². The number of carbonyl (C=O) groups is 1. The lowest BCUT2D eigenvalue weighted by Gasteiger charge is -2.27. The number of fused-ring (bicyclic) bond motifs is 1. The predicted molar refractivity (Wildman–Crippen MR) is 127 cm³/mol. The molecule has 0 bridgehead atoms. The first-order chi connectivity index (χ1) is 16.5. The van der Waals surface area contributed by atoms with E-state index >= 15 is 0 Å². The second-order valence-corrected chi connectivity index (χ2v) is 8.20. The second kappa shape index (κ2) is 9.14. The van der Waals surface area contributed by atoms with Gasteiger partial charge in [-0.15, -0.1) is 0 Å². The molecule has 1 aromatic carbocycles. The van der Waals surface area contributed by atoms with Crippen LogP contribution in [0, 0.1) is 5.82 Å². The summed E-state index contributed by atoms with van der Waals surface area (Å²) in [5.41, 5.74) is 9.32. The van der Waals surface area contributed by atoms with Crippen molar-refractivity contribution >= 4 is 22.9 Å². The number of rotatable bonds is 5. The summed E-state index contributed by atoms with van der Waals surface area (Å²) in [5, 5.41) is 3.25. The molecule has 0 saturated carbocycles. The van der Waals surface area contributed by atoms with Gasteiger partial charge in [-0.2, -0.15) is 0 Å². The molecule has 174 valence electrons. The second-order valence-electron chi connectivity index (χ2n) is 8.20. The highest BCUT2D eigenvalue weighted by Crippen LogP contribution is 2.27. The minimum atomic E-state index is -0.458. The van der Waals surface area contributed by atoms with Crippen LogP contribution in [0.2, 0.25) is 0 Å². The van der Waals surface area contributed by atoms with Gasteiger partial charge in [0, 0.05) is 49.9 Å². The molecule has 5 rings (SSSR count). The molecule has 0 aliphatic carbocycles. The Morgan fingerprint density at radius 2 is 1.88 bits per heavy atom. The normalized spacial score (nSPS) is 14.0. The van der Waals surface area contributed by atoms with E-state index in [1.807, 2.05) is 40.7 Å². The van der Waals surface area contributed by atoms with Crippen molar-refractivity contribution in [1.29, 1.82) is 0 Å². The zero-order valence-electron chi connectivity index (χ0n) is 18.8. The van der Waals surface area contributed by atoms with Gasteiger partial charge in [0.1, 0.15) is 17.5 Å². The summed E-state index contributed by atoms with van der Waals surface area (Å²) in [6.07, 6.45) is 3.32. The molecule has 10 heteroatoms. The highest BCUT2D eigenvalue weighted by molar-refractivity contribution is 5.94. The van der Waals surface area contributed by atoms with Gasteiger partial charge in [-0.05, 0) is 23.8 Å². The van der Waals surface area contributed by atoms with Gasteiger partial charge in [0.05, 0.1) is 12.7 Å². The van der Waals surface area contributed by atoms with E-state index in [-0.39, 0.29) is 11.7 Å². The molecule has 0 spiro atoms. The summed E-state index contributed by atoms with van der Waals surface area (Å²) in [7, 11) is 0. The third kappa shape index (κ3) is 4.19. The van der Waals surface area contributed by atoms with E-state index in [1.165, 1.54) is 6.07 Å². The quantitative estimate of drug-likeness (QED) is 0.469. The molecule has 1 aliphatic heterocycles. The monoisotopic (exact) mass is 460 g/mol. The summed E-state index contributed by atoms with van der Waals surface area (Å²) in [4.78, 5) is 32.2. The number of halogens is 1. The number of nitrogen functional groups attached to an aromatic ring is 1. The fourth-order valence-electron chi connectivity index (χ4n) is 4.12. The van der Waals surface area contributed by atoms with Crippen LogP contribution >= 0.6 is 0 Å². The van der Waals surface area contributed by atoms with E-state index in [4.69, 9.17) is 5.73 Å². The summed E-state index contributed by atoms with van der Waals surface area (Å²) >= 11 is 0. The number of carbonyl (C=O) groups excluding carboxylic acids is 1. The topological polar surface area (TPSA) is 115 Å². The SMILES string of the molecule is CCc1nc(N)c2nc(-c3cncc(F)c3)n(Cc3ccc(C(=O)N4CCNCC4)cc3)c2n1. The average molecular weight is 461 g/mol. The first-order valence-corrected chi connectivity index (χ1v) is 11.3. The highest BCUT2D eigenvalue weighted by atomic mass is 19.1. The molecular weight excluding hydrogens is 435 g/mol. The van der Waals surface area contributed by atoms with Gasteiger partial charge >= 0.3 is 0 Å². The van der Waals surface area contributed by atoms with Gasteiger partial charge in [0.15, 0.2) is 17.0 Å². The number of nitrogens with zero attached hydrogens (tertiary/aromatic N) is 6. The molecular formula is C24H25FN8O. The minimum Gasteiger partial charge on any atom is -0.382 e. The molecule has 0 radical (unpaired) electrons. The molecule has 0 atom stereocenters. The summed E-state index contributed by atoms with van der Waals surface area (Å²) < 4.78 is 15.8. The van der Waals surface area contributed by atoms with Crippen molar-refractivity contribution in [3.8, 4) is 11.4 Å². The average Bonchev–Trinajstić information content (AvgIpc) is 3.23. The number of benzene rings is 1. The molecule has 1 amide bonds. The lowest BCUT2D eigenvalue weighted by atomic mass is 10.1. The summed E-state index contributed by atoms with van der Waals surface area (Å²) in [6, 6.07) is 8.89. The molecule has 4 aromatic rings. The number of amides is 1. The number of nitrogens with one attached hydrogen (secondary N) is 1. The van der Waals surface area contributed by atoms with Crippen molar-refractivity contribution in [3.63, 3.8) is 0 Å². The van der Waals surface area contributed by atoms with Gasteiger partial charge in [-0.25, -0.2) is 19.3 Å². The van der Waals surface area contributed by atoms with Crippen LogP contribution in [0.4, 0.5) is 10.2 Å². The van der Waals surface area contributed by atoms with Crippen LogP contribution in [-0.2, 0) is 13.0 Å². The first kappa shape index (κ1) is 21.9. The van der Waals surface area contributed by atoms with E-state index in [1.54, 1.807) is 6.20 Å². The molecule has 3 N–H and O–H groups in total.